The molecule has 1 heterocycles. The van der Waals surface area contributed by atoms with Crippen molar-refractivity contribution in [1.29, 1.82) is 0 Å². The molecule has 2 aromatic carbocycles. The van der Waals surface area contributed by atoms with Gasteiger partial charge >= 0.3 is 5.97 Å². The smallest absolute Gasteiger partial charge is 0.326 e. The summed E-state index contributed by atoms with van der Waals surface area (Å²) in [4.78, 5) is 29.1. The summed E-state index contributed by atoms with van der Waals surface area (Å²) < 4.78 is 1.92. The number of hydrogen-bond donors (Lipinski definition) is 2. The quantitative estimate of drug-likeness (QED) is 0.401. The van der Waals surface area contributed by atoms with Crippen LogP contribution in [0.3, 0.4) is 0 Å². The van der Waals surface area contributed by atoms with Crippen molar-refractivity contribution >= 4 is 35.1 Å². The third-order valence-corrected chi connectivity index (χ3v) is 6.06. The van der Waals surface area contributed by atoms with E-state index in [1.54, 1.807) is 0 Å². The molecule has 0 radical (unpaired) electrons. The first kappa shape index (κ1) is 24.8. The van der Waals surface area contributed by atoms with E-state index in [2.05, 4.69) is 17.2 Å². The van der Waals surface area contributed by atoms with Gasteiger partial charge in [0.15, 0.2) is 5.15 Å². The van der Waals surface area contributed by atoms with Gasteiger partial charge in [-0.25, -0.2) is 9.78 Å². The Bertz CT molecular complexity index is 1100. The number of unbranched alkanes of at least 4 members (excludes halogenated alkanes) is 1. The van der Waals surface area contributed by atoms with E-state index in [0.717, 1.165) is 29.8 Å². The number of benzene rings is 2. The average molecular weight is 488 g/mol. The molecular weight excluding hydrogens is 461 g/mol. The van der Waals surface area contributed by atoms with Crippen LogP contribution in [0.5, 0.6) is 0 Å². The van der Waals surface area contributed by atoms with Crippen molar-refractivity contribution in [2.75, 3.05) is 0 Å². The third kappa shape index (κ3) is 6.83. The fraction of sp³-hybridized carbons (Fsp3) is 0.320. The Morgan fingerprint density at radius 2 is 1.79 bits per heavy atom. The molecule has 3 rings (SSSR count). The number of imidazole rings is 1. The molecule has 0 saturated heterocycles. The van der Waals surface area contributed by atoms with Crippen LogP contribution >= 0.6 is 23.2 Å². The number of rotatable bonds is 11. The van der Waals surface area contributed by atoms with Crippen LogP contribution in [0.15, 0.2) is 54.6 Å². The van der Waals surface area contributed by atoms with Gasteiger partial charge in [0.2, 0.25) is 5.91 Å². The number of aliphatic carboxylic acids is 1. The average Bonchev–Trinajstić information content (AvgIpc) is 3.08. The van der Waals surface area contributed by atoms with Crippen LogP contribution in [-0.4, -0.2) is 32.6 Å². The Kier molecular flexibility index (Phi) is 8.92. The van der Waals surface area contributed by atoms with E-state index in [9.17, 15) is 14.7 Å². The summed E-state index contributed by atoms with van der Waals surface area (Å²) >= 11 is 12.8. The van der Waals surface area contributed by atoms with E-state index in [1.807, 2.05) is 59.2 Å². The summed E-state index contributed by atoms with van der Waals surface area (Å²) in [5.74, 6) is -0.738. The Morgan fingerprint density at radius 3 is 2.45 bits per heavy atom. The van der Waals surface area contributed by atoms with E-state index in [1.165, 1.54) is 0 Å². The zero-order valence-corrected chi connectivity index (χ0v) is 19.9. The number of aromatic nitrogens is 2. The number of carbonyl (C=O) groups excluding carboxylic acids is 1. The molecule has 0 aliphatic carbocycles. The number of amides is 1. The van der Waals surface area contributed by atoms with Gasteiger partial charge in [-0.05, 0) is 23.6 Å². The van der Waals surface area contributed by atoms with Crippen molar-refractivity contribution in [1.82, 2.24) is 14.9 Å². The summed E-state index contributed by atoms with van der Waals surface area (Å²) in [5, 5.41) is 13.1. The first-order chi connectivity index (χ1) is 15.9. The number of carboxylic acids is 1. The van der Waals surface area contributed by atoms with Gasteiger partial charge in [-0.2, -0.15) is 0 Å². The van der Waals surface area contributed by atoms with Gasteiger partial charge in [-0.15, -0.1) is 0 Å². The summed E-state index contributed by atoms with van der Waals surface area (Å²) in [5.41, 5.74) is 2.26. The predicted molar refractivity (Wildman–Crippen MR) is 130 cm³/mol. The minimum absolute atomic E-state index is 0.0824. The van der Waals surface area contributed by atoms with Crippen LogP contribution in [0.2, 0.25) is 10.2 Å². The van der Waals surface area contributed by atoms with Gasteiger partial charge in [0.05, 0.1) is 18.7 Å². The molecule has 6 nitrogen and oxygen atoms in total. The summed E-state index contributed by atoms with van der Waals surface area (Å²) in [6, 6.07) is 15.6. The lowest BCUT2D eigenvalue weighted by Gasteiger charge is -2.16. The summed E-state index contributed by atoms with van der Waals surface area (Å²) in [6.07, 6.45) is 2.75. The van der Waals surface area contributed by atoms with Crippen molar-refractivity contribution in [2.24, 2.45) is 0 Å². The first-order valence-corrected chi connectivity index (χ1v) is 11.7. The second-order valence-corrected chi connectivity index (χ2v) is 8.64. The van der Waals surface area contributed by atoms with Crippen LogP contribution in [0.25, 0.3) is 0 Å². The van der Waals surface area contributed by atoms with Gasteiger partial charge in [-0.3, -0.25) is 4.79 Å². The van der Waals surface area contributed by atoms with Crippen molar-refractivity contribution in [3.8, 4) is 0 Å². The topological polar surface area (TPSA) is 84.2 Å². The zero-order valence-electron chi connectivity index (χ0n) is 18.4. The van der Waals surface area contributed by atoms with E-state index in [-0.39, 0.29) is 18.0 Å². The number of carbonyl (C=O) groups is 2. The molecule has 3 aromatic rings. The molecular formula is C25H27Cl2N3O3. The summed E-state index contributed by atoms with van der Waals surface area (Å²) in [7, 11) is 0. The van der Waals surface area contributed by atoms with Gasteiger partial charge in [0, 0.05) is 17.9 Å². The molecule has 1 aromatic heterocycles. The lowest BCUT2D eigenvalue weighted by molar-refractivity contribution is -0.141. The molecule has 33 heavy (non-hydrogen) atoms. The van der Waals surface area contributed by atoms with Gasteiger partial charge in [0.1, 0.15) is 11.9 Å². The number of carboxylic acid groups (broad SMARTS) is 1. The SMILES string of the molecule is CCCCc1nc(Cl)c(CC(=O)NC(Cc2ccccc2)C(=O)O)n1Cc1ccccc1Cl. The molecule has 0 spiro atoms. The standard InChI is InChI=1S/C25H27Cl2N3O3/c1-2-3-13-22-29-24(27)21(30(22)16-18-11-7-8-12-19(18)26)15-23(31)28-20(25(32)33)14-17-9-5-4-6-10-17/h4-12,20H,2-3,13-16H2,1H3,(H,28,31)(H,32,33). The van der Waals surface area contributed by atoms with Crippen LogP contribution in [0.4, 0.5) is 0 Å². The predicted octanol–water partition coefficient (Wildman–Crippen LogP) is 4.94. The minimum Gasteiger partial charge on any atom is -0.480 e. The number of hydrogen-bond acceptors (Lipinski definition) is 3. The van der Waals surface area contributed by atoms with Crippen LogP contribution in [0, 0.1) is 0 Å². The number of nitrogens with zero attached hydrogens (tertiary/aromatic N) is 2. The Labute approximate surface area is 203 Å². The maximum Gasteiger partial charge on any atom is 0.326 e. The molecule has 1 unspecified atom stereocenters. The van der Waals surface area contributed by atoms with Crippen molar-refractivity contribution in [3.05, 3.63) is 87.4 Å². The highest BCUT2D eigenvalue weighted by molar-refractivity contribution is 6.31. The van der Waals surface area contributed by atoms with E-state index in [4.69, 9.17) is 23.2 Å². The maximum atomic E-state index is 12.9. The Hall–Kier alpha value is -2.83. The van der Waals surface area contributed by atoms with Crippen molar-refractivity contribution in [2.45, 2.75) is 51.6 Å². The third-order valence-electron chi connectivity index (χ3n) is 5.39. The highest BCUT2D eigenvalue weighted by atomic mass is 35.5. The monoisotopic (exact) mass is 487 g/mol. The molecule has 0 saturated carbocycles. The van der Waals surface area contributed by atoms with Gasteiger partial charge in [0.25, 0.3) is 0 Å². The van der Waals surface area contributed by atoms with Crippen LogP contribution < -0.4 is 5.32 Å². The Morgan fingerprint density at radius 1 is 1.09 bits per heavy atom. The van der Waals surface area contributed by atoms with Crippen LogP contribution in [0.1, 0.15) is 42.4 Å². The number of aryl methyl sites for hydroxylation is 1. The maximum absolute atomic E-state index is 12.9. The van der Waals surface area contributed by atoms with E-state index in [0.29, 0.717) is 23.7 Å². The molecule has 8 heteroatoms. The normalized spacial score (nSPS) is 11.8. The Balaban J connectivity index is 1.82. The fourth-order valence-corrected chi connectivity index (χ4v) is 4.09. The highest BCUT2D eigenvalue weighted by Crippen LogP contribution is 2.24. The van der Waals surface area contributed by atoms with Crippen molar-refractivity contribution < 1.29 is 14.7 Å². The molecule has 0 bridgehead atoms. The highest BCUT2D eigenvalue weighted by Gasteiger charge is 2.24. The second kappa shape index (κ2) is 11.9. The summed E-state index contributed by atoms with van der Waals surface area (Å²) in [6.45, 7) is 2.52. The molecule has 1 atom stereocenters. The molecule has 1 amide bonds. The number of halogens is 2. The van der Waals surface area contributed by atoms with E-state index < -0.39 is 17.9 Å². The van der Waals surface area contributed by atoms with Crippen LogP contribution in [-0.2, 0) is 35.4 Å². The van der Waals surface area contributed by atoms with Gasteiger partial charge in [-0.1, -0.05) is 85.1 Å². The molecule has 0 aliphatic rings. The minimum atomic E-state index is -1.09. The fourth-order valence-electron chi connectivity index (χ4n) is 3.63. The second-order valence-electron chi connectivity index (χ2n) is 7.87. The lowest BCUT2D eigenvalue weighted by atomic mass is 10.1. The first-order valence-electron chi connectivity index (χ1n) is 10.9. The van der Waals surface area contributed by atoms with Gasteiger partial charge < -0.3 is 15.0 Å². The largest absolute Gasteiger partial charge is 0.480 e. The molecule has 174 valence electrons. The number of nitrogens with one attached hydrogen (secondary N) is 1. The lowest BCUT2D eigenvalue weighted by Crippen LogP contribution is -2.43. The zero-order chi connectivity index (χ0) is 23.8. The molecule has 2 N–H and O–H groups in total. The van der Waals surface area contributed by atoms with E-state index >= 15 is 0 Å². The molecule has 0 aliphatic heterocycles. The molecule has 0 fully saturated rings. The van der Waals surface area contributed by atoms with Crippen molar-refractivity contribution in [3.63, 3.8) is 0 Å².